The molecular formula is C25H33N5O3S. The Morgan fingerprint density at radius 1 is 1.18 bits per heavy atom. The Hall–Kier alpha value is -2.94. The minimum Gasteiger partial charge on any atom is -0.492 e. The number of carbonyl (C=O) groups is 2. The SMILES string of the molecule is CC.CNC(=O)c1cnc(NC(=O)C2CC2)cc1Nc1cccc(N2CC3(CSC3)C2)c1OC. The highest BCUT2D eigenvalue weighted by Crippen LogP contribution is 2.49. The van der Waals surface area contributed by atoms with Gasteiger partial charge in [-0.25, -0.2) is 4.98 Å². The first-order valence-corrected chi connectivity index (χ1v) is 13.0. The number of para-hydroxylation sites is 1. The van der Waals surface area contributed by atoms with Gasteiger partial charge in [0.1, 0.15) is 5.82 Å². The third-order valence-electron chi connectivity index (χ3n) is 6.25. The van der Waals surface area contributed by atoms with E-state index in [1.54, 1.807) is 20.2 Å². The molecule has 3 heterocycles. The maximum Gasteiger partial charge on any atom is 0.254 e. The van der Waals surface area contributed by atoms with Crippen molar-refractivity contribution >= 4 is 46.5 Å². The molecule has 2 saturated heterocycles. The van der Waals surface area contributed by atoms with Crippen molar-refractivity contribution in [3.8, 4) is 5.75 Å². The maximum atomic E-state index is 12.5. The van der Waals surface area contributed by atoms with Crippen molar-refractivity contribution in [2.24, 2.45) is 11.3 Å². The Labute approximate surface area is 205 Å². The standard InChI is InChI=1S/C23H27N5O3S.C2H6/c1-24-22(30)15-9-25-19(27-21(29)14-6-7-14)8-17(15)26-16-4-3-5-18(20(16)31-2)28-10-23(11-28)12-32-13-23;1-2/h3-5,8-9,14H,6-7,10-13H2,1-2H3,(H,24,30)(H2,25,26,27,29);1-2H3. The molecule has 3 aliphatic rings. The fraction of sp³-hybridized carbons (Fsp3) is 0.480. The summed E-state index contributed by atoms with van der Waals surface area (Å²) in [6.07, 6.45) is 3.30. The van der Waals surface area contributed by atoms with Gasteiger partial charge in [-0.2, -0.15) is 11.8 Å². The summed E-state index contributed by atoms with van der Waals surface area (Å²) in [7, 11) is 3.24. The number of ether oxygens (including phenoxy) is 1. The van der Waals surface area contributed by atoms with Gasteiger partial charge in [0.05, 0.1) is 29.7 Å². The van der Waals surface area contributed by atoms with Crippen molar-refractivity contribution in [3.63, 3.8) is 0 Å². The zero-order valence-electron chi connectivity index (χ0n) is 20.2. The number of methoxy groups -OCH3 is 1. The van der Waals surface area contributed by atoms with Crippen LogP contribution in [0.3, 0.4) is 0 Å². The Kier molecular flexibility index (Phi) is 7.21. The monoisotopic (exact) mass is 483 g/mol. The minimum atomic E-state index is -0.262. The molecule has 1 aromatic carbocycles. The summed E-state index contributed by atoms with van der Waals surface area (Å²) in [6, 6.07) is 7.67. The zero-order chi connectivity index (χ0) is 24.3. The summed E-state index contributed by atoms with van der Waals surface area (Å²) in [6.45, 7) is 6.08. The van der Waals surface area contributed by atoms with Gasteiger partial charge in [0, 0.05) is 55.2 Å². The number of aromatic nitrogens is 1. The number of carbonyl (C=O) groups excluding carboxylic acids is 2. The lowest BCUT2D eigenvalue weighted by atomic mass is 9.82. The van der Waals surface area contributed by atoms with E-state index in [2.05, 4.69) is 31.9 Å². The first-order valence-electron chi connectivity index (χ1n) is 11.8. The van der Waals surface area contributed by atoms with Crippen molar-refractivity contribution in [1.29, 1.82) is 0 Å². The van der Waals surface area contributed by atoms with E-state index in [0.717, 1.165) is 43.1 Å². The molecule has 5 rings (SSSR count). The number of benzene rings is 1. The lowest BCUT2D eigenvalue weighted by molar-refractivity contribution is -0.117. The third kappa shape index (κ3) is 4.80. The van der Waals surface area contributed by atoms with Gasteiger partial charge in [-0.05, 0) is 25.0 Å². The molecule has 1 aromatic heterocycles. The second-order valence-corrected chi connectivity index (χ2v) is 9.78. The second-order valence-electron chi connectivity index (χ2n) is 8.79. The Morgan fingerprint density at radius 2 is 1.91 bits per heavy atom. The molecule has 0 bridgehead atoms. The number of nitrogens with zero attached hydrogens (tertiary/aromatic N) is 2. The van der Waals surface area contributed by atoms with E-state index in [4.69, 9.17) is 4.74 Å². The van der Waals surface area contributed by atoms with Crippen LogP contribution in [0, 0.1) is 11.3 Å². The van der Waals surface area contributed by atoms with Crippen LogP contribution in [0.4, 0.5) is 22.9 Å². The van der Waals surface area contributed by atoms with Crippen LogP contribution < -0.4 is 25.6 Å². The maximum absolute atomic E-state index is 12.5. The molecule has 0 radical (unpaired) electrons. The predicted octanol–water partition coefficient (Wildman–Crippen LogP) is 4.12. The number of thioether (sulfide) groups is 1. The molecule has 3 N–H and O–H groups in total. The highest BCUT2D eigenvalue weighted by Gasteiger charge is 2.48. The molecule has 9 heteroatoms. The van der Waals surface area contributed by atoms with Crippen molar-refractivity contribution in [2.75, 3.05) is 54.3 Å². The molecule has 1 aliphatic carbocycles. The van der Waals surface area contributed by atoms with Crippen LogP contribution in [0.1, 0.15) is 37.0 Å². The van der Waals surface area contributed by atoms with Crippen LogP contribution in [0.5, 0.6) is 5.75 Å². The van der Waals surface area contributed by atoms with E-state index in [1.807, 2.05) is 37.7 Å². The Bertz CT molecular complexity index is 1060. The fourth-order valence-corrected chi connectivity index (χ4v) is 5.40. The third-order valence-corrected chi connectivity index (χ3v) is 7.89. The van der Waals surface area contributed by atoms with E-state index >= 15 is 0 Å². The largest absolute Gasteiger partial charge is 0.492 e. The van der Waals surface area contributed by atoms with Crippen LogP contribution >= 0.6 is 11.8 Å². The second kappa shape index (κ2) is 10.1. The first kappa shape index (κ1) is 24.2. The van der Waals surface area contributed by atoms with Crippen LogP contribution in [0.15, 0.2) is 30.5 Å². The molecule has 0 unspecified atom stereocenters. The summed E-state index contributed by atoms with van der Waals surface area (Å²) >= 11 is 2.01. The molecule has 8 nitrogen and oxygen atoms in total. The average Bonchev–Trinajstić information content (AvgIpc) is 3.64. The van der Waals surface area contributed by atoms with Gasteiger partial charge in [0.2, 0.25) is 5.91 Å². The van der Waals surface area contributed by atoms with Gasteiger partial charge in [-0.15, -0.1) is 0 Å². The van der Waals surface area contributed by atoms with E-state index in [0.29, 0.717) is 22.5 Å². The number of anilines is 4. The average molecular weight is 484 g/mol. The molecule has 3 fully saturated rings. The molecule has 182 valence electrons. The summed E-state index contributed by atoms with van der Waals surface area (Å²) in [5.74, 6) is 3.38. The van der Waals surface area contributed by atoms with Crippen LogP contribution in [-0.4, -0.2) is 55.6 Å². The number of amides is 2. The molecule has 1 spiro atoms. The van der Waals surface area contributed by atoms with Crippen LogP contribution in [-0.2, 0) is 4.79 Å². The number of nitrogens with one attached hydrogen (secondary N) is 3. The minimum absolute atomic E-state index is 0.0309. The smallest absolute Gasteiger partial charge is 0.254 e. The van der Waals surface area contributed by atoms with Crippen molar-refractivity contribution in [2.45, 2.75) is 26.7 Å². The molecule has 2 amide bonds. The lowest BCUT2D eigenvalue weighted by Gasteiger charge is -2.56. The highest BCUT2D eigenvalue weighted by atomic mass is 32.2. The Morgan fingerprint density at radius 3 is 2.50 bits per heavy atom. The molecule has 2 aromatic rings. The first-order chi connectivity index (χ1) is 16.5. The van der Waals surface area contributed by atoms with Crippen LogP contribution in [0.25, 0.3) is 0 Å². The number of rotatable bonds is 7. The highest BCUT2D eigenvalue weighted by molar-refractivity contribution is 8.00. The van der Waals surface area contributed by atoms with E-state index in [-0.39, 0.29) is 17.7 Å². The van der Waals surface area contributed by atoms with Crippen molar-refractivity contribution in [3.05, 3.63) is 36.0 Å². The normalized spacial score (nSPS) is 17.5. The molecule has 1 saturated carbocycles. The number of pyridine rings is 1. The molecule has 2 aliphatic heterocycles. The number of hydrogen-bond acceptors (Lipinski definition) is 7. The summed E-state index contributed by atoms with van der Waals surface area (Å²) in [5.41, 5.74) is 3.20. The van der Waals surface area contributed by atoms with Gasteiger partial charge >= 0.3 is 0 Å². The summed E-state index contributed by atoms with van der Waals surface area (Å²) in [5, 5.41) is 8.85. The van der Waals surface area contributed by atoms with E-state index in [1.165, 1.54) is 17.7 Å². The summed E-state index contributed by atoms with van der Waals surface area (Å²) in [4.78, 5) is 31.2. The molecular weight excluding hydrogens is 450 g/mol. The van der Waals surface area contributed by atoms with Gasteiger partial charge < -0.3 is 25.6 Å². The lowest BCUT2D eigenvalue weighted by Crippen LogP contribution is -2.63. The van der Waals surface area contributed by atoms with Crippen molar-refractivity contribution < 1.29 is 14.3 Å². The van der Waals surface area contributed by atoms with E-state index < -0.39 is 0 Å². The number of hydrogen-bond donors (Lipinski definition) is 3. The molecule has 34 heavy (non-hydrogen) atoms. The van der Waals surface area contributed by atoms with Gasteiger partial charge in [0.25, 0.3) is 5.91 Å². The molecule has 0 atom stereocenters. The van der Waals surface area contributed by atoms with Crippen LogP contribution in [0.2, 0.25) is 0 Å². The fourth-order valence-electron chi connectivity index (χ4n) is 4.26. The summed E-state index contributed by atoms with van der Waals surface area (Å²) < 4.78 is 5.79. The van der Waals surface area contributed by atoms with Gasteiger partial charge in [-0.1, -0.05) is 19.9 Å². The van der Waals surface area contributed by atoms with Gasteiger partial charge in [0.15, 0.2) is 5.75 Å². The van der Waals surface area contributed by atoms with E-state index in [9.17, 15) is 9.59 Å². The predicted molar refractivity (Wildman–Crippen MR) is 139 cm³/mol. The Balaban J connectivity index is 0.00000133. The topological polar surface area (TPSA) is 95.6 Å². The zero-order valence-corrected chi connectivity index (χ0v) is 21.1. The van der Waals surface area contributed by atoms with Crippen molar-refractivity contribution in [1.82, 2.24) is 10.3 Å². The quantitative estimate of drug-likeness (QED) is 0.545. The van der Waals surface area contributed by atoms with Gasteiger partial charge in [-0.3, -0.25) is 9.59 Å².